The number of carbonyl (C=O) groups excluding carboxylic acids is 1. The molecule has 0 amide bonds. The molecule has 0 bridgehead atoms. The summed E-state index contributed by atoms with van der Waals surface area (Å²) in [5.74, 6) is -1.64. The van der Waals surface area contributed by atoms with Gasteiger partial charge >= 0.3 is 0 Å². The van der Waals surface area contributed by atoms with E-state index in [2.05, 4.69) is 15.9 Å². The summed E-state index contributed by atoms with van der Waals surface area (Å²) in [4.78, 5) is 12.3. The lowest BCUT2D eigenvalue weighted by molar-refractivity contribution is 0.103. The Hall–Kier alpha value is -1.55. The fourth-order valence-electron chi connectivity index (χ4n) is 2.01. The van der Waals surface area contributed by atoms with Crippen LogP contribution in [-0.2, 0) is 0 Å². The molecule has 0 saturated heterocycles. The second kappa shape index (κ2) is 5.21. The fraction of sp³-hybridized carbons (Fsp3) is 0.133. The molecule has 2 aromatic rings. The Morgan fingerprint density at radius 2 is 1.79 bits per heavy atom. The summed E-state index contributed by atoms with van der Waals surface area (Å²) in [6.45, 7) is 3.42. The first-order chi connectivity index (χ1) is 8.90. The van der Waals surface area contributed by atoms with E-state index in [1.807, 2.05) is 0 Å². The highest BCUT2D eigenvalue weighted by Crippen LogP contribution is 2.25. The number of benzene rings is 2. The van der Waals surface area contributed by atoms with Gasteiger partial charge in [0.25, 0.3) is 0 Å². The van der Waals surface area contributed by atoms with Gasteiger partial charge in [0.1, 0.15) is 11.6 Å². The third kappa shape index (κ3) is 2.73. The Kier molecular flexibility index (Phi) is 3.80. The molecule has 0 aliphatic rings. The summed E-state index contributed by atoms with van der Waals surface area (Å²) in [6.07, 6.45) is 0. The molecular weight excluding hydrogens is 314 g/mol. The van der Waals surface area contributed by atoms with E-state index in [0.29, 0.717) is 10.0 Å². The molecule has 0 spiro atoms. The van der Waals surface area contributed by atoms with Gasteiger partial charge in [-0.15, -0.1) is 0 Å². The normalized spacial score (nSPS) is 10.6. The maximum absolute atomic E-state index is 13.9. The molecule has 2 rings (SSSR count). The zero-order valence-electron chi connectivity index (χ0n) is 10.4. The van der Waals surface area contributed by atoms with Crippen molar-refractivity contribution in [2.75, 3.05) is 0 Å². The first kappa shape index (κ1) is 13.9. The minimum Gasteiger partial charge on any atom is -0.288 e. The van der Waals surface area contributed by atoms with Gasteiger partial charge in [0.15, 0.2) is 5.78 Å². The van der Waals surface area contributed by atoms with Gasteiger partial charge in [-0.3, -0.25) is 4.79 Å². The van der Waals surface area contributed by atoms with Crippen LogP contribution in [0.25, 0.3) is 0 Å². The molecule has 0 atom stereocenters. The Bertz CT molecular complexity index is 642. The lowest BCUT2D eigenvalue weighted by Gasteiger charge is -2.09. The molecule has 4 heteroatoms. The summed E-state index contributed by atoms with van der Waals surface area (Å²) in [6, 6.07) is 6.80. The number of aryl methyl sites for hydroxylation is 2. The zero-order chi connectivity index (χ0) is 14.2. The van der Waals surface area contributed by atoms with Crippen molar-refractivity contribution in [3.8, 4) is 0 Å². The van der Waals surface area contributed by atoms with E-state index in [0.717, 1.165) is 11.6 Å². The molecule has 1 nitrogen and oxygen atoms in total. The lowest BCUT2D eigenvalue weighted by Crippen LogP contribution is -2.08. The van der Waals surface area contributed by atoms with Crippen LogP contribution >= 0.6 is 15.9 Å². The molecular formula is C15H11BrF2O. The van der Waals surface area contributed by atoms with E-state index in [1.54, 1.807) is 19.9 Å². The topological polar surface area (TPSA) is 17.1 Å². The van der Waals surface area contributed by atoms with E-state index >= 15 is 0 Å². The molecule has 0 heterocycles. The SMILES string of the molecule is Cc1cc(C)c(C(=O)c2cc(F)ccc2Br)c(F)c1. The van der Waals surface area contributed by atoms with Gasteiger partial charge in [-0.2, -0.15) is 0 Å². The average molecular weight is 325 g/mol. The molecule has 0 aliphatic heterocycles. The monoisotopic (exact) mass is 324 g/mol. The lowest BCUT2D eigenvalue weighted by atomic mass is 9.97. The van der Waals surface area contributed by atoms with Crippen molar-refractivity contribution in [1.29, 1.82) is 0 Å². The van der Waals surface area contributed by atoms with Gasteiger partial charge in [0.05, 0.1) is 5.56 Å². The van der Waals surface area contributed by atoms with Gasteiger partial charge in [-0.1, -0.05) is 22.0 Å². The Morgan fingerprint density at radius 3 is 2.42 bits per heavy atom. The molecule has 2 aromatic carbocycles. The zero-order valence-corrected chi connectivity index (χ0v) is 12.0. The van der Waals surface area contributed by atoms with E-state index in [4.69, 9.17) is 0 Å². The first-order valence-corrected chi connectivity index (χ1v) is 6.46. The van der Waals surface area contributed by atoms with Gasteiger partial charge in [-0.05, 0) is 49.2 Å². The summed E-state index contributed by atoms with van der Waals surface area (Å²) < 4.78 is 27.6. The minimum atomic E-state index is -0.585. The number of ketones is 1. The number of halogens is 3. The van der Waals surface area contributed by atoms with Crippen LogP contribution in [0.3, 0.4) is 0 Å². The molecule has 0 aromatic heterocycles. The molecule has 0 radical (unpaired) electrons. The van der Waals surface area contributed by atoms with E-state index in [1.165, 1.54) is 18.2 Å². The average Bonchev–Trinajstić information content (AvgIpc) is 2.30. The van der Waals surface area contributed by atoms with Crippen LogP contribution < -0.4 is 0 Å². The van der Waals surface area contributed by atoms with E-state index in [-0.39, 0.29) is 11.1 Å². The van der Waals surface area contributed by atoms with E-state index in [9.17, 15) is 13.6 Å². The van der Waals surface area contributed by atoms with Gasteiger partial charge < -0.3 is 0 Å². The van der Waals surface area contributed by atoms with Crippen LogP contribution in [0.5, 0.6) is 0 Å². The standard InChI is InChI=1S/C15H11BrF2O/c1-8-5-9(2)14(13(18)6-8)15(19)11-7-10(17)3-4-12(11)16/h3-7H,1-2H3. The number of hydrogen-bond acceptors (Lipinski definition) is 1. The van der Waals surface area contributed by atoms with Crippen molar-refractivity contribution in [1.82, 2.24) is 0 Å². The second-order valence-corrected chi connectivity index (χ2v) is 5.25. The third-order valence-electron chi connectivity index (χ3n) is 2.83. The highest BCUT2D eigenvalue weighted by Gasteiger charge is 2.19. The van der Waals surface area contributed by atoms with Crippen LogP contribution in [0.2, 0.25) is 0 Å². The molecule has 19 heavy (non-hydrogen) atoms. The largest absolute Gasteiger partial charge is 0.288 e. The van der Waals surface area contributed by atoms with Crippen molar-refractivity contribution in [3.05, 3.63) is 68.7 Å². The quantitative estimate of drug-likeness (QED) is 0.739. The van der Waals surface area contributed by atoms with Crippen LogP contribution in [0.15, 0.2) is 34.8 Å². The third-order valence-corrected chi connectivity index (χ3v) is 3.52. The number of hydrogen-bond donors (Lipinski definition) is 0. The van der Waals surface area contributed by atoms with Crippen molar-refractivity contribution < 1.29 is 13.6 Å². The van der Waals surface area contributed by atoms with Crippen LogP contribution in [0.1, 0.15) is 27.0 Å². The van der Waals surface area contributed by atoms with Crippen molar-refractivity contribution in [2.24, 2.45) is 0 Å². The van der Waals surface area contributed by atoms with E-state index < -0.39 is 17.4 Å². The van der Waals surface area contributed by atoms with Crippen LogP contribution in [-0.4, -0.2) is 5.78 Å². The summed E-state index contributed by atoms with van der Waals surface area (Å²) in [5.41, 5.74) is 1.38. The van der Waals surface area contributed by atoms with Crippen molar-refractivity contribution in [3.63, 3.8) is 0 Å². The molecule has 98 valence electrons. The second-order valence-electron chi connectivity index (χ2n) is 4.39. The van der Waals surface area contributed by atoms with Crippen molar-refractivity contribution in [2.45, 2.75) is 13.8 Å². The predicted molar refractivity (Wildman–Crippen MR) is 73.4 cm³/mol. The van der Waals surface area contributed by atoms with Gasteiger partial charge in [0, 0.05) is 10.0 Å². The predicted octanol–water partition coefficient (Wildman–Crippen LogP) is 4.58. The molecule has 0 saturated carbocycles. The smallest absolute Gasteiger partial charge is 0.197 e. The maximum atomic E-state index is 13.9. The molecule has 0 unspecified atom stereocenters. The Balaban J connectivity index is 2.59. The minimum absolute atomic E-state index is 0.0168. The highest BCUT2D eigenvalue weighted by molar-refractivity contribution is 9.10. The van der Waals surface area contributed by atoms with Crippen LogP contribution in [0, 0.1) is 25.5 Å². The highest BCUT2D eigenvalue weighted by atomic mass is 79.9. The summed E-state index contributed by atoms with van der Waals surface area (Å²) in [5, 5.41) is 0. The van der Waals surface area contributed by atoms with Gasteiger partial charge in [-0.25, -0.2) is 8.78 Å². The molecule has 0 aliphatic carbocycles. The van der Waals surface area contributed by atoms with Crippen LogP contribution in [0.4, 0.5) is 8.78 Å². The number of carbonyl (C=O) groups is 1. The Labute approximate surface area is 118 Å². The first-order valence-electron chi connectivity index (χ1n) is 5.66. The maximum Gasteiger partial charge on any atom is 0.197 e. The summed E-state index contributed by atoms with van der Waals surface area (Å²) >= 11 is 3.18. The summed E-state index contributed by atoms with van der Waals surface area (Å²) in [7, 11) is 0. The molecule has 0 N–H and O–H groups in total. The number of rotatable bonds is 2. The van der Waals surface area contributed by atoms with Gasteiger partial charge in [0.2, 0.25) is 0 Å². The molecule has 0 fully saturated rings. The Morgan fingerprint density at radius 1 is 1.11 bits per heavy atom. The van der Waals surface area contributed by atoms with Crippen molar-refractivity contribution >= 4 is 21.7 Å². The fourth-order valence-corrected chi connectivity index (χ4v) is 2.44.